The minimum Gasteiger partial charge on any atom is -0.310 e. The summed E-state index contributed by atoms with van der Waals surface area (Å²) in [4.78, 5) is 1.92. The van der Waals surface area contributed by atoms with Crippen LogP contribution in [-0.4, -0.2) is 26.3 Å². The van der Waals surface area contributed by atoms with Gasteiger partial charge in [-0.1, -0.05) is 12.1 Å². The summed E-state index contributed by atoms with van der Waals surface area (Å²) in [7, 11) is 3.66. The molecule has 2 aromatic rings. The molecule has 0 aliphatic rings. The molecular formula is C13H15F3N4S. The molecule has 0 spiro atoms. The number of halogens is 3. The third-order valence-corrected chi connectivity index (χ3v) is 3.49. The van der Waals surface area contributed by atoms with Crippen molar-refractivity contribution in [3.05, 3.63) is 46.5 Å². The molecule has 114 valence electrons. The Hall–Kier alpha value is -1.67. The van der Waals surface area contributed by atoms with Gasteiger partial charge in [0.1, 0.15) is 6.33 Å². The Morgan fingerprint density at radius 3 is 2.33 bits per heavy atom. The fourth-order valence-corrected chi connectivity index (χ4v) is 2.06. The largest absolute Gasteiger partial charge is 0.416 e. The van der Waals surface area contributed by atoms with Gasteiger partial charge in [-0.2, -0.15) is 18.3 Å². The Bertz CT molecular complexity index is 657. The highest BCUT2D eigenvalue weighted by molar-refractivity contribution is 7.71. The van der Waals surface area contributed by atoms with E-state index in [-0.39, 0.29) is 0 Å². The van der Waals surface area contributed by atoms with E-state index in [2.05, 4.69) is 5.10 Å². The van der Waals surface area contributed by atoms with Crippen LogP contribution in [0.5, 0.6) is 0 Å². The van der Waals surface area contributed by atoms with Gasteiger partial charge < -0.3 is 4.57 Å². The average molecular weight is 316 g/mol. The first-order valence-electron chi connectivity index (χ1n) is 6.20. The summed E-state index contributed by atoms with van der Waals surface area (Å²) in [6, 6.07) is 5.15. The molecule has 0 atom stereocenters. The van der Waals surface area contributed by atoms with Crippen molar-refractivity contribution in [3.8, 4) is 0 Å². The summed E-state index contributed by atoms with van der Waals surface area (Å²) in [5.41, 5.74) is 0.161. The first-order chi connectivity index (χ1) is 9.77. The minimum absolute atomic E-state index is 0.473. The normalized spacial score (nSPS) is 12.1. The second-order valence-corrected chi connectivity index (χ2v) is 5.24. The maximum atomic E-state index is 12.5. The topological polar surface area (TPSA) is 26.0 Å². The molecule has 0 radical (unpaired) electrons. The molecule has 1 aromatic carbocycles. The number of rotatable bonds is 4. The van der Waals surface area contributed by atoms with Crippen LogP contribution < -0.4 is 0 Å². The summed E-state index contributed by atoms with van der Waals surface area (Å²) < 4.78 is 41.4. The Morgan fingerprint density at radius 2 is 1.86 bits per heavy atom. The van der Waals surface area contributed by atoms with Crippen LogP contribution in [-0.2, 0) is 26.4 Å². The second kappa shape index (κ2) is 5.98. The molecule has 21 heavy (non-hydrogen) atoms. The van der Waals surface area contributed by atoms with Crippen molar-refractivity contribution in [3.63, 3.8) is 0 Å². The van der Waals surface area contributed by atoms with Crippen LogP contribution in [0.3, 0.4) is 0 Å². The number of alkyl halides is 3. The molecule has 0 unspecified atom stereocenters. The van der Waals surface area contributed by atoms with E-state index in [9.17, 15) is 13.2 Å². The van der Waals surface area contributed by atoms with Crippen molar-refractivity contribution >= 4 is 12.2 Å². The zero-order valence-electron chi connectivity index (χ0n) is 11.6. The van der Waals surface area contributed by atoms with Crippen LogP contribution in [0.15, 0.2) is 30.6 Å². The van der Waals surface area contributed by atoms with Gasteiger partial charge >= 0.3 is 6.18 Å². The summed E-state index contributed by atoms with van der Waals surface area (Å²) in [6.45, 7) is 0.983. The molecule has 2 rings (SSSR count). The van der Waals surface area contributed by atoms with E-state index in [1.807, 2.05) is 19.0 Å². The highest BCUT2D eigenvalue weighted by atomic mass is 32.1. The van der Waals surface area contributed by atoms with Crippen LogP contribution >= 0.6 is 12.2 Å². The van der Waals surface area contributed by atoms with Crippen molar-refractivity contribution in [1.29, 1.82) is 0 Å². The molecule has 4 nitrogen and oxygen atoms in total. The second-order valence-electron chi connectivity index (χ2n) is 4.87. The lowest BCUT2D eigenvalue weighted by Gasteiger charge is -2.17. The van der Waals surface area contributed by atoms with Crippen LogP contribution in [0.2, 0.25) is 0 Å². The lowest BCUT2D eigenvalue weighted by atomic mass is 10.1. The fraction of sp³-hybridized carbons (Fsp3) is 0.385. The Kier molecular flexibility index (Phi) is 4.48. The van der Waals surface area contributed by atoms with E-state index in [4.69, 9.17) is 12.2 Å². The predicted octanol–water partition coefficient (Wildman–Crippen LogP) is 3.06. The molecule has 0 bridgehead atoms. The van der Waals surface area contributed by atoms with Crippen molar-refractivity contribution in [1.82, 2.24) is 19.2 Å². The quantitative estimate of drug-likeness (QED) is 0.811. The lowest BCUT2D eigenvalue weighted by Crippen LogP contribution is -2.22. The predicted molar refractivity (Wildman–Crippen MR) is 74.9 cm³/mol. The van der Waals surface area contributed by atoms with Gasteiger partial charge in [0, 0.05) is 13.6 Å². The Morgan fingerprint density at radius 1 is 1.24 bits per heavy atom. The highest BCUT2D eigenvalue weighted by Gasteiger charge is 2.29. The number of aryl methyl sites for hydroxylation is 1. The molecule has 0 fully saturated rings. The van der Waals surface area contributed by atoms with Gasteiger partial charge in [-0.3, -0.25) is 4.90 Å². The summed E-state index contributed by atoms with van der Waals surface area (Å²) in [5, 5.41) is 4.13. The molecule has 0 aliphatic heterocycles. The molecule has 8 heteroatoms. The van der Waals surface area contributed by atoms with Crippen molar-refractivity contribution in [2.24, 2.45) is 7.05 Å². The van der Waals surface area contributed by atoms with Gasteiger partial charge in [0.05, 0.1) is 12.2 Å². The van der Waals surface area contributed by atoms with Gasteiger partial charge in [0.2, 0.25) is 0 Å². The average Bonchev–Trinajstić information content (AvgIpc) is 2.70. The van der Waals surface area contributed by atoms with Crippen LogP contribution in [0.4, 0.5) is 13.2 Å². The first-order valence-corrected chi connectivity index (χ1v) is 6.61. The molecule has 0 saturated carbocycles. The number of benzene rings is 1. The maximum absolute atomic E-state index is 12.5. The zero-order valence-corrected chi connectivity index (χ0v) is 12.4. The Labute approximate surface area is 125 Å². The monoisotopic (exact) mass is 316 g/mol. The smallest absolute Gasteiger partial charge is 0.310 e. The number of hydrogen-bond donors (Lipinski definition) is 0. The molecular weight excluding hydrogens is 301 g/mol. The zero-order chi connectivity index (χ0) is 15.6. The molecule has 1 aromatic heterocycles. The lowest BCUT2D eigenvalue weighted by molar-refractivity contribution is -0.137. The minimum atomic E-state index is -4.30. The van der Waals surface area contributed by atoms with Gasteiger partial charge in [-0.25, -0.2) is 4.68 Å². The first kappa shape index (κ1) is 15.7. The van der Waals surface area contributed by atoms with E-state index in [0.29, 0.717) is 18.0 Å². The molecule has 0 aliphatic carbocycles. The van der Waals surface area contributed by atoms with Crippen LogP contribution in [0.1, 0.15) is 11.1 Å². The fourth-order valence-electron chi connectivity index (χ4n) is 1.91. The maximum Gasteiger partial charge on any atom is 0.416 e. The molecule has 0 saturated heterocycles. The number of nitrogens with zero attached hydrogens (tertiary/aromatic N) is 4. The SMILES string of the molecule is CN(Cc1ccc(C(F)(F)F)cc1)Cn1ncn(C)c1=S. The molecule has 0 amide bonds. The van der Waals surface area contributed by atoms with Crippen molar-refractivity contribution < 1.29 is 13.2 Å². The summed E-state index contributed by atoms with van der Waals surface area (Å²) in [6.07, 6.45) is -2.68. The van der Waals surface area contributed by atoms with E-state index in [1.165, 1.54) is 12.1 Å². The van der Waals surface area contributed by atoms with Crippen LogP contribution in [0.25, 0.3) is 0 Å². The highest BCUT2D eigenvalue weighted by Crippen LogP contribution is 2.29. The summed E-state index contributed by atoms with van der Waals surface area (Å²) in [5.74, 6) is 0. The third kappa shape index (κ3) is 3.92. The van der Waals surface area contributed by atoms with E-state index < -0.39 is 11.7 Å². The van der Waals surface area contributed by atoms with Crippen molar-refractivity contribution in [2.75, 3.05) is 7.05 Å². The van der Waals surface area contributed by atoms with E-state index >= 15 is 0 Å². The molecule has 1 heterocycles. The van der Waals surface area contributed by atoms with E-state index in [0.717, 1.165) is 17.7 Å². The standard InChI is InChI=1S/C13H15F3N4S/c1-18(9-20-12(21)19(2)8-17-20)7-10-3-5-11(6-4-10)13(14,15)16/h3-6,8H,7,9H2,1-2H3. The van der Waals surface area contributed by atoms with E-state index in [1.54, 1.807) is 15.6 Å². The van der Waals surface area contributed by atoms with Gasteiger partial charge in [0.15, 0.2) is 4.77 Å². The van der Waals surface area contributed by atoms with Gasteiger partial charge in [-0.15, -0.1) is 0 Å². The number of aromatic nitrogens is 3. The number of hydrogen-bond acceptors (Lipinski definition) is 3. The third-order valence-electron chi connectivity index (χ3n) is 3.00. The molecule has 0 N–H and O–H groups in total. The Balaban J connectivity index is 2.01. The van der Waals surface area contributed by atoms with Gasteiger partial charge in [-0.05, 0) is 37.0 Å². The van der Waals surface area contributed by atoms with Crippen molar-refractivity contribution in [2.45, 2.75) is 19.4 Å². The van der Waals surface area contributed by atoms with Crippen LogP contribution in [0, 0.1) is 4.77 Å². The van der Waals surface area contributed by atoms with Gasteiger partial charge in [0.25, 0.3) is 0 Å². The summed E-state index contributed by atoms with van der Waals surface area (Å²) >= 11 is 5.18.